The van der Waals surface area contributed by atoms with Crippen LogP contribution in [0.3, 0.4) is 0 Å². The molecule has 12 heteroatoms. The van der Waals surface area contributed by atoms with E-state index < -0.39 is 23.4 Å². The number of amides is 1. The summed E-state index contributed by atoms with van der Waals surface area (Å²) in [5, 5.41) is 15.1. The molecule has 0 aliphatic rings. The molecular formula is C22H14Br2ClN3O6. The number of benzene rings is 3. The first-order chi connectivity index (χ1) is 16.2. The van der Waals surface area contributed by atoms with Crippen LogP contribution in [-0.4, -0.2) is 29.6 Å². The average Bonchev–Trinajstić information content (AvgIpc) is 2.80. The Hall–Kier alpha value is -3.28. The third-order valence-electron chi connectivity index (χ3n) is 4.12. The molecule has 0 saturated heterocycles. The average molecular weight is 612 g/mol. The van der Waals surface area contributed by atoms with Gasteiger partial charge in [0.15, 0.2) is 12.4 Å². The van der Waals surface area contributed by atoms with Gasteiger partial charge in [0.05, 0.1) is 16.7 Å². The number of carbonyl (C=O) groups excluding carboxylic acids is 2. The largest absolute Gasteiger partial charge is 0.477 e. The zero-order valence-electron chi connectivity index (χ0n) is 17.0. The summed E-state index contributed by atoms with van der Waals surface area (Å²) in [6, 6.07) is 15.4. The highest BCUT2D eigenvalue weighted by Crippen LogP contribution is 2.29. The van der Waals surface area contributed by atoms with Crippen LogP contribution in [0.15, 0.2) is 74.7 Å². The van der Waals surface area contributed by atoms with Crippen molar-refractivity contribution in [2.45, 2.75) is 0 Å². The van der Waals surface area contributed by atoms with Crippen LogP contribution in [0.25, 0.3) is 0 Å². The second kappa shape index (κ2) is 11.7. The van der Waals surface area contributed by atoms with Crippen molar-refractivity contribution in [1.82, 2.24) is 5.43 Å². The highest BCUT2D eigenvalue weighted by atomic mass is 79.9. The third-order valence-corrected chi connectivity index (χ3v) is 5.38. The third kappa shape index (κ3) is 7.11. The van der Waals surface area contributed by atoms with Crippen LogP contribution in [0.2, 0.25) is 5.02 Å². The summed E-state index contributed by atoms with van der Waals surface area (Å²) < 4.78 is 12.2. The van der Waals surface area contributed by atoms with Crippen molar-refractivity contribution in [3.05, 3.63) is 95.9 Å². The minimum absolute atomic E-state index is 0.109. The van der Waals surface area contributed by atoms with Gasteiger partial charge in [-0.2, -0.15) is 5.10 Å². The van der Waals surface area contributed by atoms with Crippen molar-refractivity contribution >= 4 is 67.2 Å². The maximum atomic E-state index is 12.4. The fourth-order valence-electron chi connectivity index (χ4n) is 2.56. The molecular weight excluding hydrogens is 598 g/mol. The topological polar surface area (TPSA) is 120 Å². The van der Waals surface area contributed by atoms with Crippen LogP contribution in [0.4, 0.5) is 5.69 Å². The Morgan fingerprint density at radius 1 is 1.03 bits per heavy atom. The van der Waals surface area contributed by atoms with Gasteiger partial charge in [-0.3, -0.25) is 14.9 Å². The van der Waals surface area contributed by atoms with Crippen LogP contribution in [-0.2, 0) is 4.79 Å². The standard InChI is InChI=1S/C22H14Br2ClN3O6/c23-15-3-1-13(2-4-15)22(30)34-19-7-5-16(24)9-14(19)11-26-27-21(29)12-33-20-8-6-17(25)10-18(20)28(31)32/h1-11H,12H2,(H,27,29). The number of nitro benzene ring substituents is 1. The summed E-state index contributed by atoms with van der Waals surface area (Å²) in [6.07, 6.45) is 1.29. The fourth-order valence-corrected chi connectivity index (χ4v) is 3.37. The molecule has 0 aromatic heterocycles. The number of rotatable bonds is 8. The Bertz CT molecular complexity index is 1270. The van der Waals surface area contributed by atoms with E-state index in [9.17, 15) is 19.7 Å². The van der Waals surface area contributed by atoms with E-state index in [0.717, 1.165) is 10.5 Å². The van der Waals surface area contributed by atoms with Gasteiger partial charge in [0.25, 0.3) is 5.91 Å². The van der Waals surface area contributed by atoms with Crippen LogP contribution >= 0.6 is 43.5 Å². The fraction of sp³-hybridized carbons (Fsp3) is 0.0455. The molecule has 0 aliphatic carbocycles. The minimum Gasteiger partial charge on any atom is -0.477 e. The maximum absolute atomic E-state index is 12.4. The molecule has 1 N–H and O–H groups in total. The van der Waals surface area contributed by atoms with E-state index >= 15 is 0 Å². The van der Waals surface area contributed by atoms with Gasteiger partial charge in [0.2, 0.25) is 0 Å². The molecule has 3 rings (SSSR count). The van der Waals surface area contributed by atoms with Crippen molar-refractivity contribution in [3.63, 3.8) is 0 Å². The molecule has 0 fully saturated rings. The SMILES string of the molecule is O=C(COc1ccc(Cl)cc1[N+](=O)[O-])NN=Cc1cc(Br)ccc1OC(=O)c1ccc(Br)cc1. The Morgan fingerprint density at radius 3 is 2.41 bits per heavy atom. The lowest BCUT2D eigenvalue weighted by Gasteiger charge is -2.08. The molecule has 0 heterocycles. The van der Waals surface area contributed by atoms with Gasteiger partial charge in [-0.15, -0.1) is 0 Å². The van der Waals surface area contributed by atoms with E-state index in [1.54, 1.807) is 42.5 Å². The van der Waals surface area contributed by atoms with Crippen LogP contribution in [0.1, 0.15) is 15.9 Å². The first-order valence-electron chi connectivity index (χ1n) is 9.39. The Balaban J connectivity index is 1.63. The van der Waals surface area contributed by atoms with Gasteiger partial charge in [0, 0.05) is 25.6 Å². The number of ether oxygens (including phenoxy) is 2. The molecule has 34 heavy (non-hydrogen) atoms. The molecule has 1 amide bonds. The minimum atomic E-state index is -0.665. The molecule has 3 aromatic rings. The van der Waals surface area contributed by atoms with Gasteiger partial charge in [-0.1, -0.05) is 43.5 Å². The number of hydrogen-bond donors (Lipinski definition) is 1. The number of nitrogens with one attached hydrogen (secondary N) is 1. The first-order valence-corrected chi connectivity index (χ1v) is 11.4. The summed E-state index contributed by atoms with van der Waals surface area (Å²) in [4.78, 5) is 34.9. The number of carbonyl (C=O) groups is 2. The normalized spacial score (nSPS) is 10.7. The molecule has 0 spiro atoms. The lowest BCUT2D eigenvalue weighted by molar-refractivity contribution is -0.385. The highest BCUT2D eigenvalue weighted by Gasteiger charge is 2.17. The van der Waals surface area contributed by atoms with Gasteiger partial charge in [-0.05, 0) is 54.6 Å². The van der Waals surface area contributed by atoms with Gasteiger partial charge < -0.3 is 9.47 Å². The molecule has 9 nitrogen and oxygen atoms in total. The molecule has 0 radical (unpaired) electrons. The summed E-state index contributed by atoms with van der Waals surface area (Å²) in [5.41, 5.74) is 2.65. The van der Waals surface area contributed by atoms with Crippen molar-refractivity contribution in [2.75, 3.05) is 6.61 Å². The van der Waals surface area contributed by atoms with Gasteiger partial charge in [-0.25, -0.2) is 10.2 Å². The molecule has 0 aliphatic heterocycles. The van der Waals surface area contributed by atoms with E-state index in [1.165, 1.54) is 18.3 Å². The summed E-state index contributed by atoms with van der Waals surface area (Å²) >= 11 is 12.4. The Kier molecular flexibility index (Phi) is 8.74. The molecule has 0 bridgehead atoms. The summed E-state index contributed by atoms with van der Waals surface area (Å²) in [6.45, 7) is -0.524. The van der Waals surface area contributed by atoms with Crippen LogP contribution in [0, 0.1) is 10.1 Å². The van der Waals surface area contributed by atoms with Crippen molar-refractivity contribution in [3.8, 4) is 11.5 Å². The second-order valence-corrected chi connectivity index (χ2v) is 8.80. The zero-order valence-corrected chi connectivity index (χ0v) is 21.0. The Labute approximate surface area is 215 Å². The van der Waals surface area contributed by atoms with Gasteiger partial charge >= 0.3 is 11.7 Å². The zero-order chi connectivity index (χ0) is 24.7. The van der Waals surface area contributed by atoms with Crippen molar-refractivity contribution in [2.24, 2.45) is 5.10 Å². The molecule has 0 atom stereocenters. The predicted octanol–water partition coefficient (Wildman–Crippen LogP) is 5.52. The van der Waals surface area contributed by atoms with E-state index in [0.29, 0.717) is 15.6 Å². The number of esters is 1. The van der Waals surface area contributed by atoms with E-state index in [4.69, 9.17) is 21.1 Å². The number of hydrazone groups is 1. The monoisotopic (exact) mass is 609 g/mol. The summed E-state index contributed by atoms with van der Waals surface area (Å²) in [5.74, 6) is -1.11. The van der Waals surface area contributed by atoms with Gasteiger partial charge in [0.1, 0.15) is 5.75 Å². The van der Waals surface area contributed by atoms with Crippen molar-refractivity contribution in [1.29, 1.82) is 0 Å². The van der Waals surface area contributed by atoms with E-state index in [1.807, 2.05) is 0 Å². The van der Waals surface area contributed by atoms with E-state index in [2.05, 4.69) is 42.4 Å². The second-order valence-electron chi connectivity index (χ2n) is 6.53. The first kappa shape index (κ1) is 25.3. The molecule has 0 unspecified atom stereocenters. The number of nitro groups is 1. The lowest BCUT2D eigenvalue weighted by atomic mass is 10.2. The Morgan fingerprint density at radius 2 is 1.71 bits per heavy atom. The van der Waals surface area contributed by atoms with Crippen LogP contribution in [0.5, 0.6) is 11.5 Å². The summed E-state index contributed by atoms with van der Waals surface area (Å²) in [7, 11) is 0. The lowest BCUT2D eigenvalue weighted by Crippen LogP contribution is -2.24. The smallest absolute Gasteiger partial charge is 0.343 e. The molecule has 3 aromatic carbocycles. The van der Waals surface area contributed by atoms with Crippen molar-refractivity contribution < 1.29 is 24.0 Å². The quantitative estimate of drug-likeness (QED) is 0.118. The highest BCUT2D eigenvalue weighted by molar-refractivity contribution is 9.10. The molecule has 174 valence electrons. The maximum Gasteiger partial charge on any atom is 0.343 e. The number of nitrogens with zero attached hydrogens (tertiary/aromatic N) is 2. The molecule has 0 saturated carbocycles. The number of hydrogen-bond acceptors (Lipinski definition) is 7. The predicted molar refractivity (Wildman–Crippen MR) is 133 cm³/mol. The van der Waals surface area contributed by atoms with E-state index in [-0.39, 0.29) is 22.2 Å². The number of halogens is 3. The van der Waals surface area contributed by atoms with Crippen LogP contribution < -0.4 is 14.9 Å².